The van der Waals surface area contributed by atoms with E-state index in [1.54, 1.807) is 0 Å². The molecule has 0 heterocycles. The Bertz CT molecular complexity index is 207. The van der Waals surface area contributed by atoms with Crippen LogP contribution in [0.15, 0.2) is 0 Å². The van der Waals surface area contributed by atoms with Crippen LogP contribution in [-0.4, -0.2) is 18.3 Å². The second-order valence-electron chi connectivity index (χ2n) is 5.58. The molecule has 0 aromatic rings. The van der Waals surface area contributed by atoms with Crippen LogP contribution in [0.2, 0.25) is 0 Å². The van der Waals surface area contributed by atoms with Crippen molar-refractivity contribution in [3.63, 3.8) is 0 Å². The van der Waals surface area contributed by atoms with Crippen LogP contribution in [0.4, 0.5) is 0 Å². The fraction of sp³-hybridized carbons (Fsp3) is 0.941. The molecule has 0 unspecified atom stereocenters. The molecule has 0 aromatic heterocycles. The zero-order chi connectivity index (χ0) is 14.9. The van der Waals surface area contributed by atoms with Crippen LogP contribution in [0.25, 0.3) is 0 Å². The lowest BCUT2D eigenvalue weighted by molar-refractivity contribution is -0.143. The summed E-state index contributed by atoms with van der Waals surface area (Å²) in [7, 11) is 0. The van der Waals surface area contributed by atoms with Gasteiger partial charge in [-0.25, -0.2) is 0 Å². The van der Waals surface area contributed by atoms with Gasteiger partial charge in [0.1, 0.15) is 0 Å². The molecule has 0 aliphatic carbocycles. The van der Waals surface area contributed by atoms with Gasteiger partial charge >= 0.3 is 5.97 Å². The SMILES string of the molecule is CCCCCCCCCCCCCC(=O)OCCCS. The van der Waals surface area contributed by atoms with E-state index in [4.69, 9.17) is 4.74 Å². The third-order valence-corrected chi connectivity index (χ3v) is 3.87. The lowest BCUT2D eigenvalue weighted by Gasteiger charge is -2.04. The summed E-state index contributed by atoms with van der Waals surface area (Å²) in [6.45, 7) is 2.79. The number of hydrogen-bond acceptors (Lipinski definition) is 3. The topological polar surface area (TPSA) is 26.3 Å². The zero-order valence-corrected chi connectivity index (χ0v) is 14.3. The fourth-order valence-electron chi connectivity index (χ4n) is 2.26. The molecule has 0 atom stereocenters. The highest BCUT2D eigenvalue weighted by molar-refractivity contribution is 7.80. The van der Waals surface area contributed by atoms with E-state index in [1.165, 1.54) is 57.8 Å². The summed E-state index contributed by atoms with van der Waals surface area (Å²) in [5.74, 6) is 0.744. The van der Waals surface area contributed by atoms with Crippen molar-refractivity contribution in [2.24, 2.45) is 0 Å². The Morgan fingerprint density at radius 3 is 1.80 bits per heavy atom. The summed E-state index contributed by atoms with van der Waals surface area (Å²) in [5, 5.41) is 0. The summed E-state index contributed by atoms with van der Waals surface area (Å²) in [6, 6.07) is 0. The molecule has 0 fully saturated rings. The molecule has 20 heavy (non-hydrogen) atoms. The summed E-state index contributed by atoms with van der Waals surface area (Å²) in [5.41, 5.74) is 0. The molecule has 0 spiro atoms. The fourth-order valence-corrected chi connectivity index (χ4v) is 2.39. The van der Waals surface area contributed by atoms with Crippen molar-refractivity contribution < 1.29 is 9.53 Å². The van der Waals surface area contributed by atoms with Crippen molar-refractivity contribution >= 4 is 18.6 Å². The molecule has 0 bridgehead atoms. The van der Waals surface area contributed by atoms with Crippen molar-refractivity contribution in [2.45, 2.75) is 90.4 Å². The number of carbonyl (C=O) groups is 1. The first-order valence-corrected chi connectivity index (χ1v) is 9.21. The van der Waals surface area contributed by atoms with Crippen LogP contribution in [0.3, 0.4) is 0 Å². The smallest absolute Gasteiger partial charge is 0.305 e. The second-order valence-corrected chi connectivity index (χ2v) is 6.03. The number of ether oxygens (including phenoxy) is 1. The lowest BCUT2D eigenvalue weighted by atomic mass is 10.1. The number of unbranched alkanes of at least 4 members (excludes halogenated alkanes) is 10. The molecular formula is C17H34O2S. The molecule has 0 saturated heterocycles. The summed E-state index contributed by atoms with van der Waals surface area (Å²) in [4.78, 5) is 11.3. The summed E-state index contributed by atoms with van der Waals surface area (Å²) < 4.78 is 5.09. The van der Waals surface area contributed by atoms with Gasteiger partial charge in [0.05, 0.1) is 6.61 Å². The van der Waals surface area contributed by atoms with Crippen LogP contribution in [0, 0.1) is 0 Å². The van der Waals surface area contributed by atoms with Crippen LogP contribution in [-0.2, 0) is 9.53 Å². The van der Waals surface area contributed by atoms with Gasteiger partial charge in [0.15, 0.2) is 0 Å². The minimum absolute atomic E-state index is 0.0392. The van der Waals surface area contributed by atoms with E-state index in [0.29, 0.717) is 13.0 Å². The second kappa shape index (κ2) is 16.9. The van der Waals surface area contributed by atoms with Gasteiger partial charge in [-0.15, -0.1) is 0 Å². The molecule has 2 nitrogen and oxygen atoms in total. The zero-order valence-electron chi connectivity index (χ0n) is 13.4. The van der Waals surface area contributed by atoms with Crippen LogP contribution in [0.5, 0.6) is 0 Å². The van der Waals surface area contributed by atoms with Crippen LogP contribution >= 0.6 is 12.6 Å². The molecule has 0 radical (unpaired) electrons. The molecule has 0 aliphatic heterocycles. The average molecular weight is 303 g/mol. The van der Waals surface area contributed by atoms with E-state index < -0.39 is 0 Å². The first-order valence-electron chi connectivity index (χ1n) is 8.57. The monoisotopic (exact) mass is 302 g/mol. The third kappa shape index (κ3) is 15.9. The molecule has 0 aliphatic rings. The van der Waals surface area contributed by atoms with Gasteiger partial charge in [-0.05, 0) is 18.6 Å². The highest BCUT2D eigenvalue weighted by atomic mass is 32.1. The largest absolute Gasteiger partial charge is 0.466 e. The van der Waals surface area contributed by atoms with Crippen molar-refractivity contribution in [1.29, 1.82) is 0 Å². The van der Waals surface area contributed by atoms with Gasteiger partial charge in [-0.3, -0.25) is 4.79 Å². The normalized spacial score (nSPS) is 10.7. The van der Waals surface area contributed by atoms with Crippen molar-refractivity contribution in [3.8, 4) is 0 Å². The van der Waals surface area contributed by atoms with E-state index in [2.05, 4.69) is 19.6 Å². The first kappa shape index (κ1) is 19.8. The molecule has 0 aromatic carbocycles. The van der Waals surface area contributed by atoms with E-state index >= 15 is 0 Å². The average Bonchev–Trinajstić information content (AvgIpc) is 2.45. The lowest BCUT2D eigenvalue weighted by Crippen LogP contribution is -2.05. The molecule has 120 valence electrons. The van der Waals surface area contributed by atoms with Crippen molar-refractivity contribution in [1.82, 2.24) is 0 Å². The summed E-state index contributed by atoms with van der Waals surface area (Å²) in [6.07, 6.45) is 15.9. The predicted octanol–water partition coefficient (Wildman–Crippen LogP) is 5.55. The maximum absolute atomic E-state index is 11.3. The van der Waals surface area contributed by atoms with Crippen LogP contribution in [0.1, 0.15) is 90.4 Å². The van der Waals surface area contributed by atoms with Gasteiger partial charge in [-0.2, -0.15) is 12.6 Å². The Morgan fingerprint density at radius 2 is 1.30 bits per heavy atom. The van der Waals surface area contributed by atoms with Gasteiger partial charge in [0.25, 0.3) is 0 Å². The Morgan fingerprint density at radius 1 is 0.800 bits per heavy atom. The molecule has 0 saturated carbocycles. The molecular weight excluding hydrogens is 268 g/mol. The summed E-state index contributed by atoms with van der Waals surface area (Å²) >= 11 is 4.08. The first-order chi connectivity index (χ1) is 9.81. The predicted molar refractivity (Wildman–Crippen MR) is 90.5 cm³/mol. The number of thiol groups is 1. The molecule has 3 heteroatoms. The van der Waals surface area contributed by atoms with E-state index in [9.17, 15) is 4.79 Å². The maximum Gasteiger partial charge on any atom is 0.305 e. The quantitative estimate of drug-likeness (QED) is 0.244. The maximum atomic E-state index is 11.3. The Balaban J connectivity index is 3.07. The highest BCUT2D eigenvalue weighted by Gasteiger charge is 2.01. The minimum atomic E-state index is -0.0392. The van der Waals surface area contributed by atoms with Gasteiger partial charge in [0, 0.05) is 6.42 Å². The number of rotatable bonds is 15. The molecule has 0 amide bonds. The van der Waals surface area contributed by atoms with Gasteiger partial charge < -0.3 is 4.74 Å². The Hall–Kier alpha value is -0.180. The van der Waals surface area contributed by atoms with E-state index in [0.717, 1.165) is 25.0 Å². The Kier molecular flexibility index (Phi) is 16.7. The standard InChI is InChI=1S/C17H34O2S/c1-2-3-4-5-6-7-8-9-10-11-12-14-17(18)19-15-13-16-20/h20H,2-16H2,1H3. The van der Waals surface area contributed by atoms with Gasteiger partial charge in [0.2, 0.25) is 0 Å². The Labute approximate surface area is 131 Å². The van der Waals surface area contributed by atoms with Crippen molar-refractivity contribution in [2.75, 3.05) is 12.4 Å². The van der Waals surface area contributed by atoms with E-state index in [-0.39, 0.29) is 5.97 Å². The van der Waals surface area contributed by atoms with Crippen LogP contribution < -0.4 is 0 Å². The number of hydrogen-bond donors (Lipinski definition) is 1. The third-order valence-electron chi connectivity index (χ3n) is 3.55. The van der Waals surface area contributed by atoms with Crippen molar-refractivity contribution in [3.05, 3.63) is 0 Å². The molecule has 0 N–H and O–H groups in total. The minimum Gasteiger partial charge on any atom is -0.466 e. The molecule has 0 rings (SSSR count). The van der Waals surface area contributed by atoms with Gasteiger partial charge in [-0.1, -0.05) is 71.1 Å². The number of carbonyl (C=O) groups excluding carboxylic acids is 1. The highest BCUT2D eigenvalue weighted by Crippen LogP contribution is 2.12. The number of esters is 1. The van der Waals surface area contributed by atoms with E-state index in [1.807, 2.05) is 0 Å².